The van der Waals surface area contributed by atoms with Gasteiger partial charge in [-0.3, -0.25) is 9.59 Å². The van der Waals surface area contributed by atoms with Crippen molar-refractivity contribution in [2.75, 3.05) is 18.0 Å². The van der Waals surface area contributed by atoms with Gasteiger partial charge in [0.25, 0.3) is 0 Å². The maximum atomic E-state index is 12.6. The molecule has 1 atom stereocenters. The third-order valence-electron chi connectivity index (χ3n) is 5.14. The normalized spacial score (nSPS) is 15.7. The Kier molecular flexibility index (Phi) is 6.89. The first-order valence-electron chi connectivity index (χ1n) is 10.0. The number of benzene rings is 2. The van der Waals surface area contributed by atoms with Crippen LogP contribution in [0, 0.1) is 0 Å². The van der Waals surface area contributed by atoms with Crippen molar-refractivity contribution in [3.8, 4) is 0 Å². The Morgan fingerprint density at radius 3 is 2.53 bits per heavy atom. The zero-order chi connectivity index (χ0) is 21.7. The van der Waals surface area contributed by atoms with Gasteiger partial charge in [-0.15, -0.1) is 0 Å². The van der Waals surface area contributed by atoms with E-state index in [1.165, 1.54) is 13.0 Å². The third-order valence-corrected chi connectivity index (χ3v) is 6.60. The Balaban J connectivity index is 1.50. The van der Waals surface area contributed by atoms with Crippen molar-refractivity contribution in [1.29, 1.82) is 0 Å². The Hall–Kier alpha value is -2.71. The standard InChI is InChI=1S/C22H27N3O4S/c1-16-14-19-15-20(8-9-21(19)25(16)17(2)26)30(28,29)24-13-11-22(27)23-12-10-18-6-4-3-5-7-18/h3-9,15-16,24H,10-14H2,1-2H3,(H,23,27)/t16-/m1/s1. The number of amides is 2. The van der Waals surface area contributed by atoms with Gasteiger partial charge in [0.1, 0.15) is 0 Å². The van der Waals surface area contributed by atoms with Crippen LogP contribution in [0.4, 0.5) is 5.69 Å². The minimum Gasteiger partial charge on any atom is -0.356 e. The van der Waals surface area contributed by atoms with Crippen LogP contribution in [-0.4, -0.2) is 39.4 Å². The van der Waals surface area contributed by atoms with Crippen LogP contribution in [0.2, 0.25) is 0 Å². The second kappa shape index (κ2) is 9.40. The van der Waals surface area contributed by atoms with Gasteiger partial charge in [-0.25, -0.2) is 13.1 Å². The van der Waals surface area contributed by atoms with E-state index in [0.717, 1.165) is 23.2 Å². The molecule has 0 unspecified atom stereocenters. The number of hydrogen-bond donors (Lipinski definition) is 2. The quantitative estimate of drug-likeness (QED) is 0.671. The van der Waals surface area contributed by atoms with Crippen molar-refractivity contribution in [3.05, 3.63) is 59.7 Å². The molecule has 1 aliphatic heterocycles. The summed E-state index contributed by atoms with van der Waals surface area (Å²) in [5, 5.41) is 2.80. The fourth-order valence-corrected chi connectivity index (χ4v) is 4.80. The van der Waals surface area contributed by atoms with Crippen molar-refractivity contribution in [1.82, 2.24) is 10.0 Å². The highest BCUT2D eigenvalue weighted by atomic mass is 32.2. The van der Waals surface area contributed by atoms with E-state index < -0.39 is 10.0 Å². The lowest BCUT2D eigenvalue weighted by molar-refractivity contribution is -0.121. The third kappa shape index (κ3) is 5.25. The molecule has 0 radical (unpaired) electrons. The highest BCUT2D eigenvalue weighted by Gasteiger charge is 2.30. The number of nitrogens with one attached hydrogen (secondary N) is 2. The molecular weight excluding hydrogens is 402 g/mol. The molecule has 1 heterocycles. The maximum Gasteiger partial charge on any atom is 0.240 e. The van der Waals surface area contributed by atoms with E-state index in [1.54, 1.807) is 17.0 Å². The van der Waals surface area contributed by atoms with Crippen LogP contribution in [0.25, 0.3) is 0 Å². The second-order valence-corrected chi connectivity index (χ2v) is 9.23. The first kappa shape index (κ1) is 22.0. The van der Waals surface area contributed by atoms with Crippen molar-refractivity contribution < 1.29 is 18.0 Å². The lowest BCUT2D eigenvalue weighted by atomic mass is 10.1. The number of nitrogens with zero attached hydrogens (tertiary/aromatic N) is 1. The minimum atomic E-state index is -3.73. The molecule has 30 heavy (non-hydrogen) atoms. The number of carbonyl (C=O) groups is 2. The van der Waals surface area contributed by atoms with Crippen LogP contribution in [0.1, 0.15) is 31.4 Å². The lowest BCUT2D eigenvalue weighted by Crippen LogP contribution is -2.33. The second-order valence-electron chi connectivity index (χ2n) is 7.47. The van der Waals surface area contributed by atoms with Gasteiger partial charge < -0.3 is 10.2 Å². The predicted octanol–water partition coefficient (Wildman–Crippen LogP) is 2.01. The number of carbonyl (C=O) groups excluding carboxylic acids is 2. The fraction of sp³-hybridized carbons (Fsp3) is 0.364. The van der Waals surface area contributed by atoms with Crippen LogP contribution in [-0.2, 0) is 32.5 Å². The number of fused-ring (bicyclic) bond motifs is 1. The minimum absolute atomic E-state index is 0.00277. The monoisotopic (exact) mass is 429 g/mol. The van der Waals surface area contributed by atoms with Crippen molar-refractivity contribution in [2.24, 2.45) is 0 Å². The summed E-state index contributed by atoms with van der Waals surface area (Å²) >= 11 is 0. The molecule has 0 saturated heterocycles. The molecule has 0 aliphatic carbocycles. The molecule has 2 amide bonds. The van der Waals surface area contributed by atoms with Crippen molar-refractivity contribution in [2.45, 2.75) is 44.0 Å². The van der Waals surface area contributed by atoms with E-state index in [1.807, 2.05) is 37.3 Å². The van der Waals surface area contributed by atoms with E-state index >= 15 is 0 Å². The van der Waals surface area contributed by atoms with E-state index in [4.69, 9.17) is 0 Å². The van der Waals surface area contributed by atoms with Gasteiger partial charge in [-0.1, -0.05) is 30.3 Å². The highest BCUT2D eigenvalue weighted by molar-refractivity contribution is 7.89. The lowest BCUT2D eigenvalue weighted by Gasteiger charge is -2.20. The SMILES string of the molecule is CC(=O)N1c2ccc(S(=O)(=O)NCCC(=O)NCCc3ccccc3)cc2C[C@H]1C. The van der Waals surface area contributed by atoms with E-state index in [0.29, 0.717) is 13.0 Å². The number of rotatable bonds is 8. The summed E-state index contributed by atoms with van der Waals surface area (Å²) in [6.07, 6.45) is 1.40. The Bertz CT molecular complexity index is 1020. The summed E-state index contributed by atoms with van der Waals surface area (Å²) in [7, 11) is -3.73. The van der Waals surface area contributed by atoms with Gasteiger partial charge in [0.2, 0.25) is 21.8 Å². The zero-order valence-corrected chi connectivity index (χ0v) is 18.0. The first-order chi connectivity index (χ1) is 14.3. The molecule has 0 spiro atoms. The highest BCUT2D eigenvalue weighted by Crippen LogP contribution is 2.33. The van der Waals surface area contributed by atoms with E-state index in [2.05, 4.69) is 10.0 Å². The van der Waals surface area contributed by atoms with Gasteiger partial charge in [-0.05, 0) is 49.1 Å². The fourth-order valence-electron chi connectivity index (χ4n) is 3.72. The Morgan fingerprint density at radius 2 is 1.83 bits per heavy atom. The predicted molar refractivity (Wildman–Crippen MR) is 116 cm³/mol. The molecule has 8 heteroatoms. The summed E-state index contributed by atoms with van der Waals surface area (Å²) in [5.41, 5.74) is 2.72. The molecule has 0 fully saturated rings. The summed E-state index contributed by atoms with van der Waals surface area (Å²) in [4.78, 5) is 25.6. The van der Waals surface area contributed by atoms with E-state index in [9.17, 15) is 18.0 Å². The first-order valence-corrected chi connectivity index (χ1v) is 11.5. The molecule has 2 aromatic rings. The summed E-state index contributed by atoms with van der Waals surface area (Å²) < 4.78 is 27.7. The molecule has 0 aromatic heterocycles. The largest absolute Gasteiger partial charge is 0.356 e. The molecule has 0 bridgehead atoms. The van der Waals surface area contributed by atoms with Crippen molar-refractivity contribution in [3.63, 3.8) is 0 Å². The van der Waals surface area contributed by atoms with Crippen LogP contribution < -0.4 is 14.9 Å². The van der Waals surface area contributed by atoms with Crippen LogP contribution in [0.5, 0.6) is 0 Å². The van der Waals surface area contributed by atoms with Gasteiger partial charge in [0.15, 0.2) is 0 Å². The van der Waals surface area contributed by atoms with Gasteiger partial charge in [-0.2, -0.15) is 0 Å². The van der Waals surface area contributed by atoms with Gasteiger partial charge in [0.05, 0.1) is 4.90 Å². The topological polar surface area (TPSA) is 95.6 Å². The van der Waals surface area contributed by atoms with Gasteiger partial charge >= 0.3 is 0 Å². The summed E-state index contributed by atoms with van der Waals surface area (Å²) in [6.45, 7) is 3.96. The number of hydrogen-bond acceptors (Lipinski definition) is 4. The average Bonchev–Trinajstić information content (AvgIpc) is 3.03. The molecule has 0 saturated carbocycles. The maximum absolute atomic E-state index is 12.6. The molecule has 2 N–H and O–H groups in total. The molecular formula is C22H27N3O4S. The molecule has 2 aromatic carbocycles. The van der Waals surface area contributed by atoms with Gasteiger partial charge in [0, 0.05) is 38.2 Å². The molecule has 3 rings (SSSR count). The van der Waals surface area contributed by atoms with Crippen LogP contribution in [0.3, 0.4) is 0 Å². The summed E-state index contributed by atoms with van der Waals surface area (Å²) in [5.74, 6) is -0.262. The zero-order valence-electron chi connectivity index (χ0n) is 17.2. The Morgan fingerprint density at radius 1 is 1.10 bits per heavy atom. The number of anilines is 1. The molecule has 160 valence electrons. The van der Waals surface area contributed by atoms with Crippen LogP contribution >= 0.6 is 0 Å². The average molecular weight is 430 g/mol. The number of sulfonamides is 1. The smallest absolute Gasteiger partial charge is 0.240 e. The van der Waals surface area contributed by atoms with Crippen LogP contribution in [0.15, 0.2) is 53.4 Å². The molecule has 1 aliphatic rings. The Labute approximate surface area is 177 Å². The summed E-state index contributed by atoms with van der Waals surface area (Å²) in [6, 6.07) is 14.6. The van der Waals surface area contributed by atoms with E-state index in [-0.39, 0.29) is 35.7 Å². The van der Waals surface area contributed by atoms with Crippen molar-refractivity contribution >= 4 is 27.5 Å². The molecule has 7 nitrogen and oxygen atoms in total.